The highest BCUT2D eigenvalue weighted by molar-refractivity contribution is 7.25. The Morgan fingerprint density at radius 2 is 0.878 bits per heavy atom. The maximum absolute atomic E-state index is 6.43. The molecule has 0 atom stereocenters. The number of fused-ring (bicyclic) bond motifs is 13. The molecule has 0 unspecified atom stereocenters. The van der Waals surface area contributed by atoms with E-state index in [0.717, 1.165) is 88.4 Å². The molecule has 0 amide bonds. The summed E-state index contributed by atoms with van der Waals surface area (Å²) >= 11 is 1.83. The Morgan fingerprint density at radius 3 is 1.61 bits per heavy atom. The molecule has 0 spiro atoms. The predicted octanol–water partition coefficient (Wildman–Crippen LogP) is 18.6. The van der Waals surface area contributed by atoms with E-state index in [1.807, 2.05) is 72.0 Å². The highest BCUT2D eigenvalue weighted by Gasteiger charge is 2.24. The summed E-state index contributed by atoms with van der Waals surface area (Å²) in [6, 6.07) is 81.8. The van der Waals surface area contributed by atoms with Crippen LogP contribution in [0.25, 0.3) is 159 Å². The summed E-state index contributed by atoms with van der Waals surface area (Å²) in [6.45, 7) is 0. The zero-order valence-electron chi connectivity index (χ0n) is 39.5. The second kappa shape index (κ2) is 15.9. The van der Waals surface area contributed by atoms with Gasteiger partial charge in [0.2, 0.25) is 0 Å². The van der Waals surface area contributed by atoms with E-state index >= 15 is 0 Å². The van der Waals surface area contributed by atoms with E-state index in [9.17, 15) is 0 Å². The van der Waals surface area contributed by atoms with Crippen molar-refractivity contribution in [1.29, 1.82) is 0 Å². The maximum Gasteiger partial charge on any atom is 0.164 e. The molecular formula is C67H38N4O2S. The van der Waals surface area contributed by atoms with Crippen molar-refractivity contribution in [3.05, 3.63) is 231 Å². The topological polar surface area (TPSA) is 69.9 Å². The van der Waals surface area contributed by atoms with Gasteiger partial charge in [0.25, 0.3) is 0 Å². The van der Waals surface area contributed by atoms with Gasteiger partial charge >= 0.3 is 0 Å². The Hall–Kier alpha value is -9.69. The summed E-state index contributed by atoms with van der Waals surface area (Å²) in [5, 5.41) is 11.2. The molecule has 0 aliphatic heterocycles. The highest BCUT2D eigenvalue weighted by atomic mass is 32.1. The fourth-order valence-electron chi connectivity index (χ4n) is 11.5. The van der Waals surface area contributed by atoms with Gasteiger partial charge in [-0.15, -0.1) is 11.3 Å². The molecule has 0 aliphatic rings. The lowest BCUT2D eigenvalue weighted by Crippen LogP contribution is -2.02. The first-order chi connectivity index (χ1) is 36.7. The third kappa shape index (κ3) is 6.20. The molecule has 0 aliphatic carbocycles. The van der Waals surface area contributed by atoms with Crippen LogP contribution in [0.15, 0.2) is 239 Å². The van der Waals surface area contributed by atoms with E-state index in [4.69, 9.17) is 23.8 Å². The van der Waals surface area contributed by atoms with Gasteiger partial charge in [0, 0.05) is 74.7 Å². The van der Waals surface area contributed by atoms with E-state index in [-0.39, 0.29) is 0 Å². The van der Waals surface area contributed by atoms with Crippen molar-refractivity contribution in [2.24, 2.45) is 0 Å². The number of rotatable bonds is 6. The van der Waals surface area contributed by atoms with Crippen molar-refractivity contribution in [3.8, 4) is 62.1 Å². The molecule has 5 aromatic heterocycles. The zero-order valence-corrected chi connectivity index (χ0v) is 40.3. The first-order valence-electron chi connectivity index (χ1n) is 24.8. The number of hydrogen-bond donors (Lipinski definition) is 0. The molecule has 5 heterocycles. The van der Waals surface area contributed by atoms with Crippen molar-refractivity contribution in [2.75, 3.05) is 0 Å². The smallest absolute Gasteiger partial charge is 0.164 e. The van der Waals surface area contributed by atoms with E-state index in [0.29, 0.717) is 17.5 Å². The number of furan rings is 2. The standard InChI is InChI=1S/C67H38N4O2S/c1-2-15-39(16-3-1)44-22-12-25-54-62(44)52-35-40-17-4-5-18-41(40)37-55(52)71(54)53-34-32-43(36-51(53)42-31-33-46-45-19-8-11-30-60(45)74-61(46)38-42)65-68-66(49-23-13-28-58-63(49)47-20-6-9-26-56(47)72-58)70-67(69-65)50-24-14-29-59-64(50)48-21-7-10-27-57(48)73-59/h1-38H. The van der Waals surface area contributed by atoms with Crippen molar-refractivity contribution in [1.82, 2.24) is 19.5 Å². The Morgan fingerprint density at radius 1 is 0.311 bits per heavy atom. The molecule has 11 aromatic carbocycles. The third-order valence-corrected chi connectivity index (χ3v) is 16.0. The second-order valence-electron chi connectivity index (χ2n) is 19.0. The summed E-state index contributed by atoms with van der Waals surface area (Å²) < 4.78 is 17.8. The lowest BCUT2D eigenvalue weighted by atomic mass is 9.98. The van der Waals surface area contributed by atoms with E-state index in [1.165, 1.54) is 52.8 Å². The van der Waals surface area contributed by atoms with Crippen LogP contribution < -0.4 is 0 Å². The van der Waals surface area contributed by atoms with Crippen molar-refractivity contribution in [3.63, 3.8) is 0 Å². The van der Waals surface area contributed by atoms with Crippen LogP contribution in [0.4, 0.5) is 0 Å². The van der Waals surface area contributed by atoms with Crippen molar-refractivity contribution < 1.29 is 8.83 Å². The van der Waals surface area contributed by atoms with Crippen LogP contribution in [0.2, 0.25) is 0 Å². The third-order valence-electron chi connectivity index (χ3n) is 14.9. The van der Waals surface area contributed by atoms with Crippen LogP contribution in [0.5, 0.6) is 0 Å². The number of thiophene rings is 1. The quantitative estimate of drug-likeness (QED) is 0.166. The lowest BCUT2D eigenvalue weighted by molar-refractivity contribution is 0.668. The SMILES string of the molecule is c1ccc(-c2cccc3c2c2cc4ccccc4cc2n3-c2ccc(-c3nc(-c4cccc5oc6ccccc6c45)nc(-c4cccc5oc6ccccc6c45)n3)cc2-c2ccc3c(c2)sc2ccccc23)cc1. The van der Waals surface area contributed by atoms with Crippen LogP contribution in [-0.2, 0) is 0 Å². The first-order valence-corrected chi connectivity index (χ1v) is 25.6. The van der Waals surface area contributed by atoms with Gasteiger partial charge in [0.05, 0.1) is 16.7 Å². The number of hydrogen-bond acceptors (Lipinski definition) is 6. The summed E-state index contributed by atoms with van der Waals surface area (Å²) in [6.07, 6.45) is 0. The molecule has 6 nitrogen and oxygen atoms in total. The van der Waals surface area contributed by atoms with Gasteiger partial charge in [-0.2, -0.15) is 0 Å². The lowest BCUT2D eigenvalue weighted by Gasteiger charge is -2.17. The fraction of sp³-hybridized carbons (Fsp3) is 0. The zero-order chi connectivity index (χ0) is 48.4. The molecule has 0 fully saturated rings. The molecule has 344 valence electrons. The average molecular weight is 963 g/mol. The number of nitrogens with zero attached hydrogens (tertiary/aromatic N) is 4. The van der Waals surface area contributed by atoms with Crippen LogP contribution in [0.1, 0.15) is 0 Å². The minimum atomic E-state index is 0.548. The second-order valence-corrected chi connectivity index (χ2v) is 20.1. The molecule has 7 heteroatoms. The predicted molar refractivity (Wildman–Crippen MR) is 306 cm³/mol. The van der Waals surface area contributed by atoms with Gasteiger partial charge in [0.1, 0.15) is 22.3 Å². The van der Waals surface area contributed by atoms with Crippen molar-refractivity contribution in [2.45, 2.75) is 0 Å². The molecule has 16 aromatic rings. The van der Waals surface area contributed by atoms with Gasteiger partial charge < -0.3 is 13.4 Å². The van der Waals surface area contributed by atoms with E-state index < -0.39 is 0 Å². The average Bonchev–Trinajstić information content (AvgIpc) is 4.23. The molecule has 0 saturated heterocycles. The van der Waals surface area contributed by atoms with Crippen LogP contribution in [-0.4, -0.2) is 19.5 Å². The summed E-state index contributed by atoms with van der Waals surface area (Å²) in [5.41, 5.74) is 13.6. The Bertz CT molecular complexity index is 4850. The minimum Gasteiger partial charge on any atom is -0.456 e. The summed E-state index contributed by atoms with van der Waals surface area (Å²) in [5.74, 6) is 1.65. The first kappa shape index (κ1) is 41.0. The van der Waals surface area contributed by atoms with Gasteiger partial charge in [0.15, 0.2) is 17.5 Å². The van der Waals surface area contributed by atoms with Crippen LogP contribution in [0.3, 0.4) is 0 Å². The Balaban J connectivity index is 0.996. The highest BCUT2D eigenvalue weighted by Crippen LogP contribution is 2.45. The van der Waals surface area contributed by atoms with Crippen molar-refractivity contribution >= 4 is 108 Å². The molecule has 74 heavy (non-hydrogen) atoms. The van der Waals surface area contributed by atoms with E-state index in [2.05, 4.69) is 174 Å². The molecule has 16 rings (SSSR count). The summed E-state index contributed by atoms with van der Waals surface area (Å²) in [7, 11) is 0. The molecule has 0 bridgehead atoms. The fourth-order valence-corrected chi connectivity index (χ4v) is 12.7. The molecule has 0 N–H and O–H groups in total. The largest absolute Gasteiger partial charge is 0.456 e. The number of benzene rings is 11. The monoisotopic (exact) mass is 962 g/mol. The maximum atomic E-state index is 6.43. The Labute approximate surface area is 426 Å². The minimum absolute atomic E-state index is 0.548. The number of para-hydroxylation sites is 2. The van der Waals surface area contributed by atoms with Gasteiger partial charge in [-0.25, -0.2) is 15.0 Å². The molecule has 0 radical (unpaired) electrons. The summed E-state index contributed by atoms with van der Waals surface area (Å²) in [4.78, 5) is 16.3. The molecule has 0 saturated carbocycles. The van der Waals surface area contributed by atoms with Gasteiger partial charge in [-0.05, 0) is 100 Å². The Kier molecular flexibility index (Phi) is 8.81. The van der Waals surface area contributed by atoms with Gasteiger partial charge in [-0.1, -0.05) is 158 Å². The number of aromatic nitrogens is 4. The van der Waals surface area contributed by atoms with Gasteiger partial charge in [-0.3, -0.25) is 0 Å². The van der Waals surface area contributed by atoms with E-state index in [1.54, 1.807) is 0 Å². The van der Waals surface area contributed by atoms with Crippen LogP contribution >= 0.6 is 11.3 Å². The normalized spacial score (nSPS) is 12.1. The van der Waals surface area contributed by atoms with Crippen LogP contribution in [0, 0.1) is 0 Å². The molecular weight excluding hydrogens is 925 g/mol.